The Morgan fingerprint density at radius 3 is 2.93 bits per heavy atom. The van der Waals surface area contributed by atoms with Crippen LogP contribution < -0.4 is 10.2 Å². The van der Waals surface area contributed by atoms with Gasteiger partial charge in [-0.2, -0.15) is 0 Å². The standard InChI is InChI=1S/C9H12ClN3O/c1-11-9(14)6-13(2)8-5-3-4-7(10)12-8/h3-5H,6H2,1-2H3,(H,11,14). The number of carbonyl (C=O) groups excluding carboxylic acids is 1. The van der Waals surface area contributed by atoms with Crippen LogP contribution in [0.15, 0.2) is 18.2 Å². The molecule has 0 radical (unpaired) electrons. The number of aromatic nitrogens is 1. The number of halogens is 1. The number of rotatable bonds is 3. The average molecular weight is 214 g/mol. The first-order valence-corrected chi connectivity index (χ1v) is 4.55. The first kappa shape index (κ1) is 10.8. The third-order valence-electron chi connectivity index (χ3n) is 1.75. The second-order valence-corrected chi connectivity index (χ2v) is 3.23. The lowest BCUT2D eigenvalue weighted by Crippen LogP contribution is -2.33. The molecule has 0 aliphatic rings. The molecule has 1 N–H and O–H groups in total. The minimum atomic E-state index is -0.0609. The molecule has 0 bridgehead atoms. The van der Waals surface area contributed by atoms with E-state index in [2.05, 4.69) is 10.3 Å². The fraction of sp³-hybridized carbons (Fsp3) is 0.333. The molecule has 0 saturated carbocycles. The number of hydrogen-bond donors (Lipinski definition) is 1. The zero-order valence-electron chi connectivity index (χ0n) is 8.12. The molecule has 0 fully saturated rings. The van der Waals surface area contributed by atoms with Gasteiger partial charge < -0.3 is 10.2 Å². The molecule has 0 aromatic carbocycles. The molecule has 1 rings (SSSR count). The van der Waals surface area contributed by atoms with Crippen LogP contribution in [0.5, 0.6) is 0 Å². The molecule has 4 nitrogen and oxygen atoms in total. The van der Waals surface area contributed by atoms with Crippen molar-refractivity contribution < 1.29 is 4.79 Å². The monoisotopic (exact) mass is 213 g/mol. The first-order chi connectivity index (χ1) is 6.63. The van der Waals surface area contributed by atoms with E-state index >= 15 is 0 Å². The average Bonchev–Trinajstić information content (AvgIpc) is 2.17. The van der Waals surface area contributed by atoms with Gasteiger partial charge in [0.2, 0.25) is 5.91 Å². The van der Waals surface area contributed by atoms with Gasteiger partial charge in [-0.05, 0) is 12.1 Å². The lowest BCUT2D eigenvalue weighted by Gasteiger charge is -2.16. The molecular weight excluding hydrogens is 202 g/mol. The fourth-order valence-corrected chi connectivity index (χ4v) is 1.14. The molecular formula is C9H12ClN3O. The highest BCUT2D eigenvalue weighted by molar-refractivity contribution is 6.29. The second-order valence-electron chi connectivity index (χ2n) is 2.85. The van der Waals surface area contributed by atoms with Crippen LogP contribution in [0, 0.1) is 0 Å². The van der Waals surface area contributed by atoms with Crippen molar-refractivity contribution in [3.8, 4) is 0 Å². The van der Waals surface area contributed by atoms with Crippen LogP contribution in [-0.4, -0.2) is 31.5 Å². The summed E-state index contributed by atoms with van der Waals surface area (Å²) in [6.45, 7) is 0.268. The molecule has 1 aromatic heterocycles. The van der Waals surface area contributed by atoms with Gasteiger partial charge >= 0.3 is 0 Å². The van der Waals surface area contributed by atoms with Gasteiger partial charge in [0.1, 0.15) is 11.0 Å². The van der Waals surface area contributed by atoms with Crippen LogP contribution in [0.2, 0.25) is 5.15 Å². The van der Waals surface area contributed by atoms with Gasteiger partial charge in [-0.25, -0.2) is 4.98 Å². The molecule has 14 heavy (non-hydrogen) atoms. The summed E-state index contributed by atoms with van der Waals surface area (Å²) in [7, 11) is 3.38. The molecule has 0 saturated heterocycles. The van der Waals surface area contributed by atoms with Crippen LogP contribution in [0.25, 0.3) is 0 Å². The number of hydrogen-bond acceptors (Lipinski definition) is 3. The molecule has 1 heterocycles. The maximum absolute atomic E-state index is 11.1. The topological polar surface area (TPSA) is 45.2 Å². The quantitative estimate of drug-likeness (QED) is 0.760. The Morgan fingerprint density at radius 1 is 1.64 bits per heavy atom. The van der Waals surface area contributed by atoms with Crippen LogP contribution in [0.4, 0.5) is 5.82 Å². The molecule has 1 amide bonds. The Morgan fingerprint density at radius 2 is 2.36 bits per heavy atom. The van der Waals surface area contributed by atoms with Crippen molar-refractivity contribution in [1.82, 2.24) is 10.3 Å². The number of nitrogens with one attached hydrogen (secondary N) is 1. The highest BCUT2D eigenvalue weighted by atomic mass is 35.5. The summed E-state index contributed by atoms with van der Waals surface area (Å²) in [5.74, 6) is 0.621. The van der Waals surface area contributed by atoms with Gasteiger partial charge in [0.15, 0.2) is 0 Å². The molecule has 76 valence electrons. The maximum Gasteiger partial charge on any atom is 0.239 e. The highest BCUT2D eigenvalue weighted by Gasteiger charge is 2.06. The molecule has 0 aliphatic carbocycles. The SMILES string of the molecule is CNC(=O)CN(C)c1cccc(Cl)n1. The van der Waals surface area contributed by atoms with Crippen LogP contribution >= 0.6 is 11.6 Å². The zero-order valence-corrected chi connectivity index (χ0v) is 8.88. The van der Waals surface area contributed by atoms with Gasteiger partial charge in [-0.1, -0.05) is 17.7 Å². The summed E-state index contributed by atoms with van der Waals surface area (Å²) < 4.78 is 0. The van der Waals surface area contributed by atoms with Crippen LogP contribution in [0.3, 0.4) is 0 Å². The Labute approximate surface area is 87.9 Å². The summed E-state index contributed by atoms with van der Waals surface area (Å²) in [4.78, 5) is 16.9. The fourth-order valence-electron chi connectivity index (χ4n) is 0.986. The predicted octanol–water partition coefficient (Wildman–Crippen LogP) is 0.917. The van der Waals surface area contributed by atoms with Crippen molar-refractivity contribution >= 4 is 23.3 Å². The van der Waals surface area contributed by atoms with Gasteiger partial charge in [0.05, 0.1) is 6.54 Å². The van der Waals surface area contributed by atoms with E-state index in [4.69, 9.17) is 11.6 Å². The van der Waals surface area contributed by atoms with Crippen molar-refractivity contribution in [3.05, 3.63) is 23.4 Å². The molecule has 0 spiro atoms. The number of likely N-dealkylation sites (N-methyl/N-ethyl adjacent to an activating group) is 2. The van der Waals surface area contributed by atoms with E-state index in [0.717, 1.165) is 0 Å². The maximum atomic E-state index is 11.1. The normalized spacial score (nSPS) is 9.64. The minimum Gasteiger partial charge on any atom is -0.358 e. The third-order valence-corrected chi connectivity index (χ3v) is 1.96. The largest absolute Gasteiger partial charge is 0.358 e. The van der Waals surface area contributed by atoms with E-state index in [0.29, 0.717) is 11.0 Å². The van der Waals surface area contributed by atoms with Gasteiger partial charge in [0.25, 0.3) is 0 Å². The number of anilines is 1. The van der Waals surface area contributed by atoms with Crippen LogP contribution in [0.1, 0.15) is 0 Å². The Balaban J connectivity index is 2.69. The zero-order chi connectivity index (χ0) is 10.6. The molecule has 0 atom stereocenters. The van der Waals surface area contributed by atoms with Gasteiger partial charge in [-0.15, -0.1) is 0 Å². The summed E-state index contributed by atoms with van der Waals surface area (Å²) in [6.07, 6.45) is 0. The van der Waals surface area contributed by atoms with E-state index in [9.17, 15) is 4.79 Å². The molecule has 1 aromatic rings. The van der Waals surface area contributed by atoms with E-state index in [1.54, 1.807) is 37.2 Å². The summed E-state index contributed by atoms with van der Waals surface area (Å²) >= 11 is 5.72. The third kappa shape index (κ3) is 2.88. The molecule has 0 aliphatic heterocycles. The van der Waals surface area contributed by atoms with Crippen molar-refractivity contribution in [2.75, 3.05) is 25.5 Å². The Kier molecular flexibility index (Phi) is 3.71. The summed E-state index contributed by atoms with van der Waals surface area (Å²) in [5, 5.41) is 2.96. The van der Waals surface area contributed by atoms with E-state index in [-0.39, 0.29) is 12.5 Å². The number of carbonyl (C=O) groups is 1. The van der Waals surface area contributed by atoms with Crippen molar-refractivity contribution in [3.63, 3.8) is 0 Å². The van der Waals surface area contributed by atoms with Gasteiger partial charge in [0, 0.05) is 14.1 Å². The van der Waals surface area contributed by atoms with Gasteiger partial charge in [-0.3, -0.25) is 4.79 Å². The second kappa shape index (κ2) is 4.81. The van der Waals surface area contributed by atoms with Crippen molar-refractivity contribution in [2.24, 2.45) is 0 Å². The highest BCUT2D eigenvalue weighted by Crippen LogP contribution is 2.12. The van der Waals surface area contributed by atoms with Crippen molar-refractivity contribution in [2.45, 2.75) is 0 Å². The summed E-state index contributed by atoms with van der Waals surface area (Å²) in [6, 6.07) is 5.29. The Hall–Kier alpha value is -1.29. The minimum absolute atomic E-state index is 0.0609. The smallest absolute Gasteiger partial charge is 0.239 e. The predicted molar refractivity (Wildman–Crippen MR) is 56.6 cm³/mol. The first-order valence-electron chi connectivity index (χ1n) is 4.17. The lowest BCUT2D eigenvalue weighted by molar-refractivity contribution is -0.119. The number of pyridine rings is 1. The number of nitrogens with zero attached hydrogens (tertiary/aromatic N) is 2. The summed E-state index contributed by atoms with van der Waals surface area (Å²) in [5.41, 5.74) is 0. The Bertz CT molecular complexity index is 330. The molecule has 0 unspecified atom stereocenters. The van der Waals surface area contributed by atoms with Crippen LogP contribution in [-0.2, 0) is 4.79 Å². The van der Waals surface area contributed by atoms with E-state index in [1.165, 1.54) is 0 Å². The van der Waals surface area contributed by atoms with E-state index in [1.807, 2.05) is 0 Å². The lowest BCUT2D eigenvalue weighted by atomic mass is 10.4. The molecule has 5 heteroatoms. The van der Waals surface area contributed by atoms with E-state index < -0.39 is 0 Å². The number of amides is 1. The van der Waals surface area contributed by atoms with Crippen molar-refractivity contribution in [1.29, 1.82) is 0 Å².